The van der Waals surface area contributed by atoms with Gasteiger partial charge in [0.25, 0.3) is 6.71 Å². The molecular weight excluding hydrogens is 876 g/mol. The van der Waals surface area contributed by atoms with Gasteiger partial charge in [-0.25, -0.2) is 0 Å². The van der Waals surface area contributed by atoms with Gasteiger partial charge in [-0.15, -0.1) is 22.7 Å². The molecule has 10 aromatic carbocycles. The molecule has 6 heterocycles. The number of thiophene rings is 2. The van der Waals surface area contributed by atoms with Crippen molar-refractivity contribution >= 4 is 148 Å². The van der Waals surface area contributed by atoms with Crippen molar-refractivity contribution in [1.82, 2.24) is 4.57 Å². The van der Waals surface area contributed by atoms with Crippen LogP contribution in [0.5, 0.6) is 0 Å². The average molecular weight is 913 g/mol. The van der Waals surface area contributed by atoms with Crippen LogP contribution in [0.25, 0.3) is 68.9 Å². The minimum Gasteiger partial charge on any atom is -0.310 e. The van der Waals surface area contributed by atoms with Crippen molar-refractivity contribution in [2.75, 3.05) is 14.7 Å². The van der Waals surface area contributed by atoms with Gasteiger partial charge in [0.15, 0.2) is 0 Å². The molecule has 13 aromatic rings. The summed E-state index contributed by atoms with van der Waals surface area (Å²) in [6, 6.07) is 83.7. The Balaban J connectivity index is 1.07. The van der Waals surface area contributed by atoms with Crippen LogP contribution in [0.4, 0.5) is 51.2 Å². The molecule has 320 valence electrons. The van der Waals surface area contributed by atoms with E-state index in [0.29, 0.717) is 0 Å². The highest BCUT2D eigenvalue weighted by atomic mass is 32.1. The SMILES string of the molecule is c1ccc(-c2ccc3sc4c(c3c2)N(c2ccc3sc5ccccc5c3c2)c2cc(N(c3ccccc3)c3ccccc3)cc3c2B4c2cccc4c2N3c2cccc3c5ccccc5n-4c23)cc1. The van der Waals surface area contributed by atoms with Crippen molar-refractivity contribution in [2.45, 2.75) is 0 Å². The van der Waals surface area contributed by atoms with Crippen molar-refractivity contribution in [1.29, 1.82) is 0 Å². The van der Waals surface area contributed by atoms with Crippen molar-refractivity contribution in [3.8, 4) is 16.8 Å². The van der Waals surface area contributed by atoms with Gasteiger partial charge in [-0.2, -0.15) is 0 Å². The Labute approximate surface area is 406 Å². The molecular formula is C62H37BN4S2. The zero-order valence-electron chi connectivity index (χ0n) is 37.0. The lowest BCUT2D eigenvalue weighted by Crippen LogP contribution is -2.61. The van der Waals surface area contributed by atoms with E-state index in [9.17, 15) is 0 Å². The fourth-order valence-corrected chi connectivity index (χ4v) is 14.4. The number of fused-ring (bicyclic) bond motifs is 14. The molecule has 4 nitrogen and oxygen atoms in total. The fraction of sp³-hybridized carbons (Fsp3) is 0. The fourth-order valence-electron chi connectivity index (χ4n) is 12.0. The van der Waals surface area contributed by atoms with Crippen molar-refractivity contribution < 1.29 is 0 Å². The van der Waals surface area contributed by atoms with E-state index >= 15 is 0 Å². The summed E-state index contributed by atoms with van der Waals surface area (Å²) in [6.45, 7) is -0.0331. The third-order valence-corrected chi connectivity index (χ3v) is 17.2. The summed E-state index contributed by atoms with van der Waals surface area (Å²) in [4.78, 5) is 7.70. The van der Waals surface area contributed by atoms with Gasteiger partial charge in [-0.3, -0.25) is 0 Å². The lowest BCUT2D eigenvalue weighted by atomic mass is 9.36. The zero-order valence-corrected chi connectivity index (χ0v) is 38.7. The molecule has 3 aliphatic heterocycles. The maximum Gasteiger partial charge on any atom is 0.264 e. The Morgan fingerprint density at radius 3 is 1.83 bits per heavy atom. The van der Waals surface area contributed by atoms with Crippen LogP contribution >= 0.6 is 22.7 Å². The Hall–Kier alpha value is -8.36. The first kappa shape index (κ1) is 37.7. The number of hydrogen-bond donors (Lipinski definition) is 0. The second-order valence-corrected chi connectivity index (χ2v) is 20.6. The van der Waals surface area contributed by atoms with Gasteiger partial charge >= 0.3 is 0 Å². The van der Waals surface area contributed by atoms with Crippen LogP contribution in [0.3, 0.4) is 0 Å². The number of nitrogens with zero attached hydrogens (tertiary/aromatic N) is 4. The molecule has 3 aliphatic rings. The third kappa shape index (κ3) is 5.18. The second kappa shape index (κ2) is 14.1. The quantitative estimate of drug-likeness (QED) is 0.160. The summed E-state index contributed by atoms with van der Waals surface area (Å²) in [5.74, 6) is 0. The van der Waals surface area contributed by atoms with Crippen LogP contribution < -0.4 is 30.4 Å². The number of aromatic nitrogens is 1. The van der Waals surface area contributed by atoms with E-state index in [2.05, 4.69) is 244 Å². The van der Waals surface area contributed by atoms with Crippen LogP contribution in [-0.4, -0.2) is 11.3 Å². The van der Waals surface area contributed by atoms with E-state index in [4.69, 9.17) is 0 Å². The summed E-state index contributed by atoms with van der Waals surface area (Å²) in [6.07, 6.45) is 0. The highest BCUT2D eigenvalue weighted by Gasteiger charge is 2.48. The molecule has 69 heavy (non-hydrogen) atoms. The van der Waals surface area contributed by atoms with Gasteiger partial charge < -0.3 is 19.3 Å². The molecule has 0 radical (unpaired) electrons. The largest absolute Gasteiger partial charge is 0.310 e. The number of benzene rings is 10. The molecule has 0 saturated carbocycles. The van der Waals surface area contributed by atoms with Crippen molar-refractivity contribution in [2.24, 2.45) is 0 Å². The molecule has 0 N–H and O–H groups in total. The average Bonchev–Trinajstić information content (AvgIpc) is 4.09. The van der Waals surface area contributed by atoms with Crippen LogP contribution in [-0.2, 0) is 0 Å². The number of hydrogen-bond acceptors (Lipinski definition) is 5. The second-order valence-electron chi connectivity index (χ2n) is 18.4. The van der Waals surface area contributed by atoms with Gasteiger partial charge in [0.1, 0.15) is 0 Å². The normalized spacial score (nSPS) is 13.1. The molecule has 0 amide bonds. The van der Waals surface area contributed by atoms with E-state index in [-0.39, 0.29) is 6.71 Å². The van der Waals surface area contributed by atoms with Crippen LogP contribution in [0.15, 0.2) is 224 Å². The van der Waals surface area contributed by atoms with Crippen LogP contribution in [0.1, 0.15) is 0 Å². The van der Waals surface area contributed by atoms with Gasteiger partial charge in [0.2, 0.25) is 0 Å². The van der Waals surface area contributed by atoms with Gasteiger partial charge in [0, 0.05) is 74.2 Å². The van der Waals surface area contributed by atoms with Crippen LogP contribution in [0.2, 0.25) is 0 Å². The lowest BCUT2D eigenvalue weighted by molar-refractivity contribution is 1.11. The standard InChI is InChI=1S/C62H37BN4S2/c1-4-16-38(17-5-1)39-30-32-57-48(34-39)60-62(69-57)63-49-25-15-28-52-61(49)67(51-27-14-24-46-44-22-10-12-26-50(44)66(52)59(46)51)54-37-43(64(40-18-6-2-7-19-40)41-20-8-3-9-21-41)36-53(58(54)63)65(60)42-31-33-56-47(35-42)45-23-11-13-29-55(45)68-56/h1-37H. The smallest absolute Gasteiger partial charge is 0.264 e. The maximum absolute atomic E-state index is 2.64. The minimum atomic E-state index is -0.0331. The minimum absolute atomic E-state index is 0.0331. The first-order valence-electron chi connectivity index (χ1n) is 23.6. The van der Waals surface area contributed by atoms with E-state index < -0.39 is 0 Å². The predicted octanol–water partition coefficient (Wildman–Crippen LogP) is 15.9. The highest BCUT2D eigenvalue weighted by molar-refractivity contribution is 7.33. The van der Waals surface area contributed by atoms with Gasteiger partial charge in [-0.05, 0) is 113 Å². The molecule has 0 saturated heterocycles. The monoisotopic (exact) mass is 912 g/mol. The van der Waals surface area contributed by atoms with Crippen molar-refractivity contribution in [3.05, 3.63) is 224 Å². The zero-order chi connectivity index (χ0) is 44.9. The topological polar surface area (TPSA) is 14.7 Å². The predicted molar refractivity (Wildman–Crippen MR) is 297 cm³/mol. The summed E-state index contributed by atoms with van der Waals surface area (Å²) in [5.41, 5.74) is 19.3. The first-order valence-corrected chi connectivity index (χ1v) is 25.3. The molecule has 16 rings (SSSR count). The Kier molecular flexibility index (Phi) is 7.70. The Bertz CT molecular complexity index is 4250. The summed E-state index contributed by atoms with van der Waals surface area (Å²) in [7, 11) is 0. The summed E-state index contributed by atoms with van der Waals surface area (Å²) in [5, 5.41) is 6.38. The molecule has 0 unspecified atom stereocenters. The van der Waals surface area contributed by atoms with E-state index in [0.717, 1.165) is 22.7 Å². The molecule has 0 bridgehead atoms. The Morgan fingerprint density at radius 1 is 0.377 bits per heavy atom. The van der Waals surface area contributed by atoms with E-state index in [1.54, 1.807) is 0 Å². The lowest BCUT2D eigenvalue weighted by Gasteiger charge is -2.46. The molecule has 0 atom stereocenters. The summed E-state index contributed by atoms with van der Waals surface area (Å²) >= 11 is 3.83. The number of para-hydroxylation sites is 5. The summed E-state index contributed by atoms with van der Waals surface area (Å²) < 4.78 is 7.79. The number of anilines is 9. The van der Waals surface area contributed by atoms with Crippen LogP contribution in [0, 0.1) is 0 Å². The van der Waals surface area contributed by atoms with Crippen molar-refractivity contribution in [3.63, 3.8) is 0 Å². The molecule has 3 aromatic heterocycles. The maximum atomic E-state index is 2.64. The first-order chi connectivity index (χ1) is 34.2. The molecule has 7 heteroatoms. The molecule has 0 fully saturated rings. The van der Waals surface area contributed by atoms with E-state index in [1.807, 2.05) is 22.7 Å². The third-order valence-electron chi connectivity index (χ3n) is 14.8. The van der Waals surface area contributed by atoms with Gasteiger partial charge in [0.05, 0.1) is 39.5 Å². The number of rotatable bonds is 5. The highest BCUT2D eigenvalue weighted by Crippen LogP contribution is 2.55. The Morgan fingerprint density at radius 2 is 1.01 bits per heavy atom. The molecule has 0 spiro atoms. The molecule has 0 aliphatic carbocycles. The van der Waals surface area contributed by atoms with Gasteiger partial charge in [-0.1, -0.05) is 133 Å². The van der Waals surface area contributed by atoms with E-state index in [1.165, 1.54) is 113 Å².